The minimum Gasteiger partial charge on any atom is -0.445 e. The summed E-state index contributed by atoms with van der Waals surface area (Å²) in [6, 6.07) is 17.7. The number of rotatable bonds is 9. The molecule has 7 heteroatoms. The Kier molecular flexibility index (Phi) is 7.84. The summed E-state index contributed by atoms with van der Waals surface area (Å²) in [7, 11) is 0. The van der Waals surface area contributed by atoms with Gasteiger partial charge in [-0.2, -0.15) is 0 Å². The van der Waals surface area contributed by atoms with E-state index in [2.05, 4.69) is 10.6 Å². The zero-order chi connectivity index (χ0) is 19.5. The molecule has 2 rings (SSSR count). The summed E-state index contributed by atoms with van der Waals surface area (Å²) in [6.45, 7) is 0.246. The zero-order valence-corrected chi connectivity index (χ0v) is 14.9. The van der Waals surface area contributed by atoms with Crippen molar-refractivity contribution in [2.45, 2.75) is 25.5 Å². The smallest absolute Gasteiger partial charge is 0.407 e. The van der Waals surface area contributed by atoms with Crippen molar-refractivity contribution in [1.82, 2.24) is 10.6 Å². The van der Waals surface area contributed by atoms with Crippen LogP contribution in [0, 0.1) is 0 Å². The first-order valence-electron chi connectivity index (χ1n) is 8.62. The van der Waals surface area contributed by atoms with Crippen molar-refractivity contribution in [2.24, 2.45) is 5.73 Å². The zero-order valence-electron chi connectivity index (χ0n) is 14.9. The molecule has 0 aliphatic rings. The van der Waals surface area contributed by atoms with E-state index >= 15 is 0 Å². The van der Waals surface area contributed by atoms with E-state index in [1.807, 2.05) is 60.7 Å². The second-order valence-corrected chi connectivity index (χ2v) is 5.95. The van der Waals surface area contributed by atoms with Gasteiger partial charge in [-0.1, -0.05) is 60.7 Å². The van der Waals surface area contributed by atoms with Gasteiger partial charge in [0.05, 0.1) is 0 Å². The van der Waals surface area contributed by atoms with Crippen LogP contribution in [-0.2, 0) is 27.4 Å². The van der Waals surface area contributed by atoms with Crippen molar-refractivity contribution in [3.05, 3.63) is 71.8 Å². The average molecular weight is 369 g/mol. The van der Waals surface area contributed by atoms with Crippen molar-refractivity contribution in [3.8, 4) is 0 Å². The van der Waals surface area contributed by atoms with Gasteiger partial charge in [0.15, 0.2) is 0 Å². The van der Waals surface area contributed by atoms with Crippen LogP contribution in [0.3, 0.4) is 0 Å². The van der Waals surface area contributed by atoms with E-state index in [1.54, 1.807) is 0 Å². The highest BCUT2D eigenvalue weighted by atomic mass is 16.5. The van der Waals surface area contributed by atoms with E-state index in [0.717, 1.165) is 11.1 Å². The number of carbonyl (C=O) groups excluding carboxylic acids is 3. The number of primary amides is 1. The molecular formula is C20H23N3O4. The van der Waals surface area contributed by atoms with Gasteiger partial charge in [-0.15, -0.1) is 0 Å². The SMILES string of the molecule is NC(=O)C(Cc1ccccc1)NC(=O)CCNC(=O)OCc1ccccc1. The normalized spacial score (nSPS) is 11.3. The lowest BCUT2D eigenvalue weighted by Gasteiger charge is -2.15. The van der Waals surface area contributed by atoms with E-state index in [0.29, 0.717) is 6.42 Å². The molecule has 3 amide bonds. The summed E-state index contributed by atoms with van der Waals surface area (Å²) in [5.41, 5.74) is 7.12. The summed E-state index contributed by atoms with van der Waals surface area (Å²) in [5, 5.41) is 5.09. The molecule has 0 fully saturated rings. The van der Waals surface area contributed by atoms with Gasteiger partial charge in [-0.05, 0) is 11.1 Å². The van der Waals surface area contributed by atoms with E-state index in [1.165, 1.54) is 0 Å². The number of amides is 3. The molecule has 0 saturated carbocycles. The first-order valence-corrected chi connectivity index (χ1v) is 8.62. The number of hydrogen-bond acceptors (Lipinski definition) is 4. The lowest BCUT2D eigenvalue weighted by molar-refractivity contribution is -0.127. The number of hydrogen-bond donors (Lipinski definition) is 3. The van der Waals surface area contributed by atoms with Gasteiger partial charge in [-0.25, -0.2) is 4.79 Å². The summed E-state index contributed by atoms with van der Waals surface area (Å²) >= 11 is 0. The van der Waals surface area contributed by atoms with Crippen LogP contribution in [-0.4, -0.2) is 30.5 Å². The van der Waals surface area contributed by atoms with Crippen LogP contribution in [0.2, 0.25) is 0 Å². The Morgan fingerprint density at radius 2 is 1.52 bits per heavy atom. The van der Waals surface area contributed by atoms with Crippen molar-refractivity contribution in [2.75, 3.05) is 6.54 Å². The molecular weight excluding hydrogens is 346 g/mol. The molecule has 2 aromatic carbocycles. The maximum absolute atomic E-state index is 12.0. The van der Waals surface area contributed by atoms with Crippen LogP contribution in [0.15, 0.2) is 60.7 Å². The predicted octanol–water partition coefficient (Wildman–Crippen LogP) is 1.52. The van der Waals surface area contributed by atoms with Crippen LogP contribution < -0.4 is 16.4 Å². The van der Waals surface area contributed by atoms with Crippen molar-refractivity contribution >= 4 is 17.9 Å². The van der Waals surface area contributed by atoms with E-state index < -0.39 is 18.0 Å². The quantitative estimate of drug-likeness (QED) is 0.622. The Labute approximate surface area is 157 Å². The highest BCUT2D eigenvalue weighted by Gasteiger charge is 2.18. The fourth-order valence-electron chi connectivity index (χ4n) is 2.39. The molecule has 1 atom stereocenters. The van der Waals surface area contributed by atoms with Crippen molar-refractivity contribution in [1.29, 1.82) is 0 Å². The Balaban J connectivity index is 1.69. The van der Waals surface area contributed by atoms with Crippen molar-refractivity contribution < 1.29 is 19.1 Å². The molecule has 1 unspecified atom stereocenters. The molecule has 7 nitrogen and oxygen atoms in total. The molecule has 2 aromatic rings. The molecule has 0 aromatic heterocycles. The minimum atomic E-state index is -0.801. The molecule has 0 spiro atoms. The molecule has 4 N–H and O–H groups in total. The number of nitrogens with two attached hydrogens (primary N) is 1. The Morgan fingerprint density at radius 3 is 2.11 bits per heavy atom. The van der Waals surface area contributed by atoms with Crippen LogP contribution in [0.25, 0.3) is 0 Å². The highest BCUT2D eigenvalue weighted by Crippen LogP contribution is 2.03. The molecule has 27 heavy (non-hydrogen) atoms. The van der Waals surface area contributed by atoms with Gasteiger partial charge in [0.25, 0.3) is 0 Å². The number of carbonyl (C=O) groups is 3. The fourth-order valence-corrected chi connectivity index (χ4v) is 2.39. The number of nitrogens with one attached hydrogen (secondary N) is 2. The van der Waals surface area contributed by atoms with Gasteiger partial charge in [0, 0.05) is 19.4 Å². The van der Waals surface area contributed by atoms with E-state index in [9.17, 15) is 14.4 Å². The third kappa shape index (κ3) is 7.60. The van der Waals surface area contributed by atoms with Crippen LogP contribution in [0.4, 0.5) is 4.79 Å². The van der Waals surface area contributed by atoms with Gasteiger partial charge >= 0.3 is 6.09 Å². The maximum Gasteiger partial charge on any atom is 0.407 e. The summed E-state index contributed by atoms with van der Waals surface area (Å²) < 4.78 is 5.05. The van der Waals surface area contributed by atoms with Gasteiger partial charge < -0.3 is 21.1 Å². The second-order valence-electron chi connectivity index (χ2n) is 5.95. The van der Waals surface area contributed by atoms with Gasteiger partial charge in [0.2, 0.25) is 11.8 Å². The topological polar surface area (TPSA) is 111 Å². The van der Waals surface area contributed by atoms with Crippen molar-refractivity contribution in [3.63, 3.8) is 0 Å². The summed E-state index contributed by atoms with van der Waals surface area (Å²) in [6.07, 6.45) is -0.282. The first kappa shape index (κ1) is 20.0. The van der Waals surface area contributed by atoms with E-state index in [4.69, 9.17) is 10.5 Å². The van der Waals surface area contributed by atoms with E-state index in [-0.39, 0.29) is 25.5 Å². The summed E-state index contributed by atoms with van der Waals surface area (Å²) in [5.74, 6) is -0.986. The second kappa shape index (κ2) is 10.6. The fraction of sp³-hybridized carbons (Fsp3) is 0.250. The third-order valence-electron chi connectivity index (χ3n) is 3.80. The highest BCUT2D eigenvalue weighted by molar-refractivity contribution is 5.87. The molecule has 0 saturated heterocycles. The van der Waals surface area contributed by atoms with Gasteiger partial charge in [-0.3, -0.25) is 9.59 Å². The number of benzene rings is 2. The number of alkyl carbamates (subject to hydrolysis) is 1. The Morgan fingerprint density at radius 1 is 0.926 bits per heavy atom. The standard InChI is InChI=1S/C20H23N3O4/c21-19(25)17(13-15-7-3-1-4-8-15)23-18(24)11-12-22-20(26)27-14-16-9-5-2-6-10-16/h1-10,17H,11-14H2,(H2,21,25)(H,22,26)(H,23,24). The molecule has 0 radical (unpaired) electrons. The molecule has 0 aliphatic carbocycles. The Hall–Kier alpha value is -3.35. The molecule has 0 aliphatic heterocycles. The maximum atomic E-state index is 12.0. The predicted molar refractivity (Wildman–Crippen MR) is 101 cm³/mol. The molecule has 142 valence electrons. The minimum absolute atomic E-state index is 0.0129. The summed E-state index contributed by atoms with van der Waals surface area (Å²) in [4.78, 5) is 35.2. The average Bonchev–Trinajstić information content (AvgIpc) is 2.67. The lowest BCUT2D eigenvalue weighted by Crippen LogP contribution is -2.46. The van der Waals surface area contributed by atoms with Crippen LogP contribution >= 0.6 is 0 Å². The Bertz CT molecular complexity index is 750. The molecule has 0 bridgehead atoms. The lowest BCUT2D eigenvalue weighted by atomic mass is 10.1. The number of ether oxygens (including phenoxy) is 1. The van der Waals surface area contributed by atoms with Gasteiger partial charge in [0.1, 0.15) is 12.6 Å². The first-order chi connectivity index (χ1) is 13.0. The molecule has 0 heterocycles. The largest absolute Gasteiger partial charge is 0.445 e. The third-order valence-corrected chi connectivity index (χ3v) is 3.80. The monoisotopic (exact) mass is 369 g/mol. The van der Waals surface area contributed by atoms with Crippen LogP contribution in [0.1, 0.15) is 17.5 Å². The van der Waals surface area contributed by atoms with Crippen LogP contribution in [0.5, 0.6) is 0 Å².